The van der Waals surface area contributed by atoms with Crippen LogP contribution in [0.15, 0.2) is 47.6 Å². The van der Waals surface area contributed by atoms with Gasteiger partial charge < -0.3 is 14.9 Å². The highest BCUT2D eigenvalue weighted by Gasteiger charge is 2.04. The summed E-state index contributed by atoms with van der Waals surface area (Å²) in [6.45, 7) is 2.29. The molecule has 0 unspecified atom stereocenters. The number of phenols is 2. The molecule has 2 aromatic carbocycles. The minimum Gasteiger partial charge on any atom is -0.508 e. The molecule has 0 bridgehead atoms. The van der Waals surface area contributed by atoms with Crippen molar-refractivity contribution in [3.05, 3.63) is 53.6 Å². The number of rotatable bonds is 6. The fourth-order valence-corrected chi connectivity index (χ4v) is 1.98. The lowest BCUT2D eigenvalue weighted by Gasteiger charge is -2.07. The predicted molar refractivity (Wildman–Crippen MR) is 86.8 cm³/mol. The summed E-state index contributed by atoms with van der Waals surface area (Å²) in [6.07, 6.45) is 1.56. The molecule has 1 amide bonds. The monoisotopic (exact) mass is 314 g/mol. The summed E-state index contributed by atoms with van der Waals surface area (Å²) in [7, 11) is 0. The van der Waals surface area contributed by atoms with E-state index in [1.165, 1.54) is 24.4 Å². The molecule has 0 aliphatic carbocycles. The number of hydrogen-bond acceptors (Lipinski definition) is 5. The molecule has 0 aromatic heterocycles. The first-order valence-corrected chi connectivity index (χ1v) is 7.14. The molecule has 0 saturated heterocycles. The van der Waals surface area contributed by atoms with E-state index in [9.17, 15) is 15.0 Å². The van der Waals surface area contributed by atoms with Gasteiger partial charge in [-0.3, -0.25) is 4.79 Å². The van der Waals surface area contributed by atoms with E-state index in [0.717, 1.165) is 0 Å². The molecule has 2 rings (SSSR count). The molecule has 6 heteroatoms. The Morgan fingerprint density at radius 1 is 1.22 bits per heavy atom. The van der Waals surface area contributed by atoms with Crippen LogP contribution in [0.1, 0.15) is 18.1 Å². The van der Waals surface area contributed by atoms with Gasteiger partial charge in [0.15, 0.2) is 0 Å². The average Bonchev–Trinajstić information content (AvgIpc) is 2.50. The van der Waals surface area contributed by atoms with Crippen molar-refractivity contribution in [2.75, 3.05) is 6.61 Å². The van der Waals surface area contributed by atoms with Crippen LogP contribution < -0.4 is 10.2 Å². The van der Waals surface area contributed by atoms with Crippen LogP contribution in [0.3, 0.4) is 0 Å². The minimum absolute atomic E-state index is 0.0959. The number of ether oxygens (including phenoxy) is 1. The van der Waals surface area contributed by atoms with Crippen molar-refractivity contribution in [2.45, 2.75) is 13.3 Å². The van der Waals surface area contributed by atoms with Gasteiger partial charge in [0, 0.05) is 11.6 Å². The average molecular weight is 314 g/mol. The van der Waals surface area contributed by atoms with Gasteiger partial charge in [0.05, 0.1) is 19.2 Å². The van der Waals surface area contributed by atoms with Gasteiger partial charge in [0.2, 0.25) is 5.91 Å². The maximum Gasteiger partial charge on any atom is 0.244 e. The number of benzene rings is 2. The van der Waals surface area contributed by atoms with Crippen molar-refractivity contribution in [1.29, 1.82) is 0 Å². The quantitative estimate of drug-likeness (QED) is 0.563. The topological polar surface area (TPSA) is 91.2 Å². The maximum absolute atomic E-state index is 11.8. The number of nitrogens with zero attached hydrogens (tertiary/aromatic N) is 1. The lowest BCUT2D eigenvalue weighted by molar-refractivity contribution is -0.120. The lowest BCUT2D eigenvalue weighted by atomic mass is 10.1. The lowest BCUT2D eigenvalue weighted by Crippen LogP contribution is -2.19. The number of hydrogen-bond donors (Lipinski definition) is 3. The van der Waals surface area contributed by atoms with Gasteiger partial charge in [-0.25, -0.2) is 5.43 Å². The molecule has 3 N–H and O–H groups in total. The smallest absolute Gasteiger partial charge is 0.244 e. The van der Waals surface area contributed by atoms with E-state index in [-0.39, 0.29) is 23.8 Å². The fourth-order valence-electron chi connectivity index (χ4n) is 1.98. The molecule has 0 aliphatic heterocycles. The summed E-state index contributed by atoms with van der Waals surface area (Å²) in [5, 5.41) is 22.7. The fraction of sp³-hybridized carbons (Fsp3) is 0.176. The molecule has 120 valence electrons. The molecule has 0 atom stereocenters. The number of carbonyl (C=O) groups is 1. The number of carbonyl (C=O) groups excluding carboxylic acids is 1. The SMILES string of the molecule is CCOc1cc(O)ccc1C=NNC(=O)Cc1cccc(O)c1. The highest BCUT2D eigenvalue weighted by Crippen LogP contribution is 2.22. The van der Waals surface area contributed by atoms with Crippen LogP contribution in [0.5, 0.6) is 17.2 Å². The van der Waals surface area contributed by atoms with E-state index < -0.39 is 0 Å². The summed E-state index contributed by atoms with van der Waals surface area (Å²) in [5.74, 6) is 0.393. The van der Waals surface area contributed by atoms with Crippen molar-refractivity contribution in [3.8, 4) is 17.2 Å². The van der Waals surface area contributed by atoms with E-state index in [2.05, 4.69) is 10.5 Å². The van der Waals surface area contributed by atoms with E-state index >= 15 is 0 Å². The number of nitrogens with one attached hydrogen (secondary N) is 1. The van der Waals surface area contributed by atoms with E-state index in [0.29, 0.717) is 23.5 Å². The highest BCUT2D eigenvalue weighted by atomic mass is 16.5. The highest BCUT2D eigenvalue weighted by molar-refractivity contribution is 5.86. The van der Waals surface area contributed by atoms with Gasteiger partial charge in [-0.15, -0.1) is 0 Å². The Morgan fingerprint density at radius 3 is 2.74 bits per heavy atom. The van der Waals surface area contributed by atoms with Crippen molar-refractivity contribution >= 4 is 12.1 Å². The summed E-state index contributed by atoms with van der Waals surface area (Å²) < 4.78 is 5.39. The first-order valence-electron chi connectivity index (χ1n) is 7.14. The van der Waals surface area contributed by atoms with Crippen molar-refractivity contribution in [3.63, 3.8) is 0 Å². The molecule has 0 spiro atoms. The van der Waals surface area contributed by atoms with Gasteiger partial charge in [-0.2, -0.15) is 5.10 Å². The Hall–Kier alpha value is -3.02. The third-order valence-corrected chi connectivity index (χ3v) is 2.97. The zero-order valence-corrected chi connectivity index (χ0v) is 12.7. The molecule has 0 radical (unpaired) electrons. The molecule has 0 saturated carbocycles. The van der Waals surface area contributed by atoms with Crippen LogP contribution in [0, 0.1) is 0 Å². The van der Waals surface area contributed by atoms with Crippen LogP contribution in [0.4, 0.5) is 0 Å². The molecule has 6 nitrogen and oxygen atoms in total. The van der Waals surface area contributed by atoms with Crippen molar-refractivity contribution in [1.82, 2.24) is 5.43 Å². The Labute approximate surface area is 134 Å². The van der Waals surface area contributed by atoms with Gasteiger partial charge in [-0.1, -0.05) is 12.1 Å². The molecule has 0 fully saturated rings. The largest absolute Gasteiger partial charge is 0.508 e. The predicted octanol–water partition coefficient (Wildman–Crippen LogP) is 2.19. The summed E-state index contributed by atoms with van der Waals surface area (Å²) in [6, 6.07) is 11.1. The van der Waals surface area contributed by atoms with Crippen molar-refractivity contribution in [2.24, 2.45) is 5.10 Å². The van der Waals surface area contributed by atoms with Gasteiger partial charge in [0.1, 0.15) is 17.2 Å². The number of amides is 1. The number of aromatic hydroxyl groups is 2. The normalized spacial score (nSPS) is 10.7. The van der Waals surface area contributed by atoms with E-state index in [1.54, 1.807) is 24.3 Å². The summed E-state index contributed by atoms with van der Waals surface area (Å²) in [5.41, 5.74) is 3.75. The molecular weight excluding hydrogens is 296 g/mol. The third kappa shape index (κ3) is 5.03. The minimum atomic E-state index is -0.302. The summed E-state index contributed by atoms with van der Waals surface area (Å²) >= 11 is 0. The van der Waals surface area contributed by atoms with Crippen molar-refractivity contribution < 1.29 is 19.7 Å². The second-order valence-corrected chi connectivity index (χ2v) is 4.79. The van der Waals surface area contributed by atoms with E-state index in [1.807, 2.05) is 6.92 Å². The van der Waals surface area contributed by atoms with Crippen LogP contribution in [-0.2, 0) is 11.2 Å². The summed E-state index contributed by atoms with van der Waals surface area (Å²) in [4.78, 5) is 11.8. The Balaban J connectivity index is 1.97. The van der Waals surface area contributed by atoms with Gasteiger partial charge in [-0.05, 0) is 36.8 Å². The second-order valence-electron chi connectivity index (χ2n) is 4.79. The van der Waals surface area contributed by atoms with Gasteiger partial charge >= 0.3 is 0 Å². The first-order chi connectivity index (χ1) is 11.1. The number of hydrazone groups is 1. The second kappa shape index (κ2) is 7.84. The molecule has 0 aliphatic rings. The van der Waals surface area contributed by atoms with Crippen LogP contribution >= 0.6 is 0 Å². The van der Waals surface area contributed by atoms with Crippen LogP contribution in [-0.4, -0.2) is 28.9 Å². The van der Waals surface area contributed by atoms with E-state index in [4.69, 9.17) is 4.74 Å². The molecular formula is C17H18N2O4. The van der Waals surface area contributed by atoms with Crippen LogP contribution in [0.2, 0.25) is 0 Å². The Bertz CT molecular complexity index is 713. The Morgan fingerprint density at radius 2 is 2.00 bits per heavy atom. The molecule has 23 heavy (non-hydrogen) atoms. The zero-order chi connectivity index (χ0) is 16.7. The van der Waals surface area contributed by atoms with Gasteiger partial charge in [0.25, 0.3) is 0 Å². The standard InChI is InChI=1S/C17H18N2O4/c1-2-23-16-10-15(21)7-6-13(16)11-18-19-17(22)9-12-4-3-5-14(20)8-12/h3-8,10-11,20-21H,2,9H2,1H3,(H,19,22). The molecule has 2 aromatic rings. The molecule has 0 heterocycles. The number of phenolic OH excluding ortho intramolecular Hbond substituents is 2. The first kappa shape index (κ1) is 16.4. The maximum atomic E-state index is 11.8. The zero-order valence-electron chi connectivity index (χ0n) is 12.7. The Kier molecular flexibility index (Phi) is 5.57. The van der Waals surface area contributed by atoms with Crippen LogP contribution in [0.25, 0.3) is 0 Å². The third-order valence-electron chi connectivity index (χ3n) is 2.97.